The SMILES string of the molecule is CC(C)C1CCCN(C(CN)c2ccncn2)CC1. The van der Waals surface area contributed by atoms with Crippen molar-refractivity contribution in [3.05, 3.63) is 24.3 Å². The van der Waals surface area contributed by atoms with Gasteiger partial charge in [0.05, 0.1) is 11.7 Å². The summed E-state index contributed by atoms with van der Waals surface area (Å²) in [7, 11) is 0. The molecule has 106 valence electrons. The third-order valence-corrected chi connectivity index (χ3v) is 4.36. The van der Waals surface area contributed by atoms with Gasteiger partial charge in [-0.1, -0.05) is 13.8 Å². The fourth-order valence-corrected chi connectivity index (χ4v) is 3.08. The Hall–Kier alpha value is -1.00. The van der Waals surface area contributed by atoms with Crippen LogP contribution in [0.1, 0.15) is 44.8 Å². The van der Waals surface area contributed by atoms with Crippen molar-refractivity contribution in [1.29, 1.82) is 0 Å². The Kier molecular flexibility index (Phi) is 5.28. The number of hydrogen-bond donors (Lipinski definition) is 1. The van der Waals surface area contributed by atoms with Crippen molar-refractivity contribution in [3.63, 3.8) is 0 Å². The van der Waals surface area contributed by atoms with Crippen LogP contribution in [0.25, 0.3) is 0 Å². The zero-order chi connectivity index (χ0) is 13.7. The first-order chi connectivity index (χ1) is 9.22. The Labute approximate surface area is 116 Å². The summed E-state index contributed by atoms with van der Waals surface area (Å²) in [4.78, 5) is 10.9. The largest absolute Gasteiger partial charge is 0.329 e. The third-order valence-electron chi connectivity index (χ3n) is 4.36. The van der Waals surface area contributed by atoms with Gasteiger partial charge in [-0.2, -0.15) is 0 Å². The molecule has 0 aromatic carbocycles. The van der Waals surface area contributed by atoms with Crippen molar-refractivity contribution < 1.29 is 0 Å². The summed E-state index contributed by atoms with van der Waals surface area (Å²) in [5, 5.41) is 0. The highest BCUT2D eigenvalue weighted by Gasteiger charge is 2.25. The van der Waals surface area contributed by atoms with Crippen LogP contribution in [0, 0.1) is 11.8 Å². The number of nitrogens with two attached hydrogens (primary N) is 1. The first-order valence-corrected chi connectivity index (χ1v) is 7.42. The molecule has 0 bridgehead atoms. The van der Waals surface area contributed by atoms with Crippen LogP contribution in [0.3, 0.4) is 0 Å². The predicted molar refractivity (Wildman–Crippen MR) is 77.6 cm³/mol. The second kappa shape index (κ2) is 6.96. The van der Waals surface area contributed by atoms with E-state index in [1.165, 1.54) is 19.3 Å². The summed E-state index contributed by atoms with van der Waals surface area (Å²) in [5.74, 6) is 1.64. The summed E-state index contributed by atoms with van der Waals surface area (Å²) < 4.78 is 0. The molecule has 0 aliphatic carbocycles. The second-order valence-electron chi connectivity index (χ2n) is 5.86. The lowest BCUT2D eigenvalue weighted by molar-refractivity contribution is 0.200. The Morgan fingerprint density at radius 3 is 2.84 bits per heavy atom. The van der Waals surface area contributed by atoms with Crippen molar-refractivity contribution in [2.45, 2.75) is 39.2 Å². The maximum Gasteiger partial charge on any atom is 0.115 e. The number of rotatable bonds is 4. The number of nitrogens with zero attached hydrogens (tertiary/aromatic N) is 3. The Bertz CT molecular complexity index is 366. The van der Waals surface area contributed by atoms with Crippen LogP contribution in [0.15, 0.2) is 18.6 Å². The van der Waals surface area contributed by atoms with Crippen LogP contribution < -0.4 is 5.73 Å². The Morgan fingerprint density at radius 1 is 1.37 bits per heavy atom. The van der Waals surface area contributed by atoms with Gasteiger partial charge in [-0.05, 0) is 50.3 Å². The van der Waals surface area contributed by atoms with Gasteiger partial charge >= 0.3 is 0 Å². The topological polar surface area (TPSA) is 55.0 Å². The van der Waals surface area contributed by atoms with E-state index in [2.05, 4.69) is 28.7 Å². The van der Waals surface area contributed by atoms with E-state index in [0.29, 0.717) is 6.54 Å². The molecular formula is C15H26N4. The van der Waals surface area contributed by atoms with E-state index in [9.17, 15) is 0 Å². The van der Waals surface area contributed by atoms with Crippen molar-refractivity contribution in [2.24, 2.45) is 17.6 Å². The summed E-state index contributed by atoms with van der Waals surface area (Å²) in [5.41, 5.74) is 7.04. The number of likely N-dealkylation sites (tertiary alicyclic amines) is 1. The lowest BCUT2D eigenvalue weighted by Gasteiger charge is -2.29. The van der Waals surface area contributed by atoms with E-state index < -0.39 is 0 Å². The molecule has 0 radical (unpaired) electrons. The molecule has 2 N–H and O–H groups in total. The van der Waals surface area contributed by atoms with Gasteiger partial charge in [-0.15, -0.1) is 0 Å². The molecule has 1 aliphatic rings. The predicted octanol–water partition coefficient (Wildman–Crippen LogP) is 2.23. The van der Waals surface area contributed by atoms with Crippen molar-refractivity contribution in [2.75, 3.05) is 19.6 Å². The third kappa shape index (κ3) is 3.74. The molecule has 2 heterocycles. The van der Waals surface area contributed by atoms with Gasteiger partial charge < -0.3 is 5.73 Å². The lowest BCUT2D eigenvalue weighted by atomic mass is 9.89. The monoisotopic (exact) mass is 262 g/mol. The maximum atomic E-state index is 5.98. The van der Waals surface area contributed by atoms with Crippen LogP contribution in [-0.4, -0.2) is 34.5 Å². The second-order valence-corrected chi connectivity index (χ2v) is 5.86. The highest BCUT2D eigenvalue weighted by Crippen LogP contribution is 2.28. The molecule has 0 spiro atoms. The molecule has 1 aliphatic heterocycles. The van der Waals surface area contributed by atoms with E-state index in [1.54, 1.807) is 12.5 Å². The molecule has 0 amide bonds. The average Bonchev–Trinajstić information content (AvgIpc) is 2.67. The molecule has 2 rings (SSSR count). The smallest absolute Gasteiger partial charge is 0.115 e. The molecule has 4 heteroatoms. The minimum atomic E-state index is 0.244. The van der Waals surface area contributed by atoms with E-state index in [0.717, 1.165) is 30.6 Å². The molecule has 1 aromatic rings. The highest BCUT2D eigenvalue weighted by atomic mass is 15.2. The van der Waals surface area contributed by atoms with Crippen LogP contribution in [0.2, 0.25) is 0 Å². The van der Waals surface area contributed by atoms with Crippen molar-refractivity contribution in [3.8, 4) is 0 Å². The first-order valence-electron chi connectivity index (χ1n) is 7.42. The Balaban J connectivity index is 2.04. The summed E-state index contributed by atoms with van der Waals surface area (Å²) in [6.45, 7) is 7.57. The van der Waals surface area contributed by atoms with Crippen LogP contribution in [-0.2, 0) is 0 Å². The van der Waals surface area contributed by atoms with E-state index >= 15 is 0 Å². The minimum Gasteiger partial charge on any atom is -0.329 e. The van der Waals surface area contributed by atoms with E-state index in [1.807, 2.05) is 6.07 Å². The summed E-state index contributed by atoms with van der Waals surface area (Å²) in [6, 6.07) is 2.23. The van der Waals surface area contributed by atoms with Crippen molar-refractivity contribution >= 4 is 0 Å². The van der Waals surface area contributed by atoms with E-state index in [4.69, 9.17) is 5.73 Å². The quantitative estimate of drug-likeness (QED) is 0.904. The molecule has 2 atom stereocenters. The van der Waals surface area contributed by atoms with Gasteiger partial charge in [-0.25, -0.2) is 9.97 Å². The van der Waals surface area contributed by atoms with Gasteiger partial charge in [0.2, 0.25) is 0 Å². The molecule has 1 saturated heterocycles. The molecular weight excluding hydrogens is 236 g/mol. The number of hydrogen-bond acceptors (Lipinski definition) is 4. The molecule has 1 fully saturated rings. The van der Waals surface area contributed by atoms with Crippen LogP contribution in [0.5, 0.6) is 0 Å². The Morgan fingerprint density at radius 2 is 2.21 bits per heavy atom. The molecule has 2 unspecified atom stereocenters. The minimum absolute atomic E-state index is 0.244. The van der Waals surface area contributed by atoms with E-state index in [-0.39, 0.29) is 6.04 Å². The highest BCUT2D eigenvalue weighted by molar-refractivity contribution is 5.06. The van der Waals surface area contributed by atoms with Gasteiger partial charge in [0.25, 0.3) is 0 Å². The van der Waals surface area contributed by atoms with Gasteiger partial charge in [0, 0.05) is 12.7 Å². The van der Waals surface area contributed by atoms with Crippen molar-refractivity contribution in [1.82, 2.24) is 14.9 Å². The molecule has 19 heavy (non-hydrogen) atoms. The van der Waals surface area contributed by atoms with Gasteiger partial charge in [0.15, 0.2) is 0 Å². The fourth-order valence-electron chi connectivity index (χ4n) is 3.08. The molecule has 1 aromatic heterocycles. The average molecular weight is 262 g/mol. The lowest BCUT2D eigenvalue weighted by Crippen LogP contribution is -2.35. The first kappa shape index (κ1) is 14.4. The fraction of sp³-hybridized carbons (Fsp3) is 0.733. The summed E-state index contributed by atoms with van der Waals surface area (Å²) >= 11 is 0. The van der Waals surface area contributed by atoms with Gasteiger partial charge in [0.1, 0.15) is 6.33 Å². The molecule has 4 nitrogen and oxygen atoms in total. The molecule has 0 saturated carbocycles. The van der Waals surface area contributed by atoms with Gasteiger partial charge in [-0.3, -0.25) is 4.90 Å². The van der Waals surface area contributed by atoms with Crippen LogP contribution >= 0.6 is 0 Å². The zero-order valence-corrected chi connectivity index (χ0v) is 12.1. The zero-order valence-electron chi connectivity index (χ0n) is 12.1. The standard InChI is InChI=1S/C15H26N4/c1-12(2)13-4-3-8-19(9-6-13)15(10-16)14-5-7-17-11-18-14/h5,7,11-13,15H,3-4,6,8-10,16H2,1-2H3. The normalized spacial score (nSPS) is 23.3. The summed E-state index contributed by atoms with van der Waals surface area (Å²) in [6.07, 6.45) is 7.31. The maximum absolute atomic E-state index is 5.98. The number of aromatic nitrogens is 2. The van der Waals surface area contributed by atoms with Crippen LogP contribution in [0.4, 0.5) is 0 Å².